The number of nitrogens with one attached hydrogen (secondary N) is 1. The van der Waals surface area contributed by atoms with Crippen LogP contribution in [0.5, 0.6) is 0 Å². The normalized spacial score (nSPS) is 10.0. The number of benzene rings is 1. The van der Waals surface area contributed by atoms with E-state index in [0.29, 0.717) is 11.3 Å². The Morgan fingerprint density at radius 1 is 1.24 bits per heavy atom. The first kappa shape index (κ1) is 14.6. The fourth-order valence-electron chi connectivity index (χ4n) is 1.69. The monoisotopic (exact) mass is 288 g/mol. The Kier molecular flexibility index (Phi) is 4.61. The van der Waals surface area contributed by atoms with E-state index in [2.05, 4.69) is 10.3 Å². The number of rotatable bonds is 4. The highest BCUT2D eigenvalue weighted by atomic mass is 19.1. The van der Waals surface area contributed by atoms with Gasteiger partial charge in [0, 0.05) is 23.5 Å². The van der Waals surface area contributed by atoms with Gasteiger partial charge in [0.05, 0.1) is 12.2 Å². The maximum atomic E-state index is 13.0. The molecule has 1 heterocycles. The molecule has 108 valence electrons. The highest BCUT2D eigenvalue weighted by Crippen LogP contribution is 2.13. The number of carbonyl (C=O) groups is 2. The number of ether oxygens (including phenoxy) is 1. The molecule has 1 amide bonds. The quantitative estimate of drug-likeness (QED) is 0.693. The zero-order chi connectivity index (χ0) is 15.2. The van der Waals surface area contributed by atoms with Gasteiger partial charge in [0.25, 0.3) is 5.91 Å². The van der Waals surface area contributed by atoms with Crippen molar-refractivity contribution in [1.29, 1.82) is 0 Å². The van der Waals surface area contributed by atoms with E-state index in [4.69, 9.17) is 4.74 Å². The second kappa shape index (κ2) is 6.60. The van der Waals surface area contributed by atoms with E-state index < -0.39 is 17.8 Å². The molecule has 0 fully saturated rings. The molecule has 21 heavy (non-hydrogen) atoms. The van der Waals surface area contributed by atoms with Gasteiger partial charge >= 0.3 is 5.97 Å². The molecule has 2 rings (SSSR count). The average molecular weight is 288 g/mol. The molecule has 0 radical (unpaired) electrons. The van der Waals surface area contributed by atoms with Gasteiger partial charge in [-0.2, -0.15) is 4.39 Å². The van der Waals surface area contributed by atoms with Crippen molar-refractivity contribution in [3.8, 4) is 0 Å². The van der Waals surface area contributed by atoms with Crippen molar-refractivity contribution in [2.75, 3.05) is 11.9 Å². The molecular weight excluding hydrogens is 275 g/mol. The Balaban J connectivity index is 2.14. The molecule has 1 aromatic carbocycles. The summed E-state index contributed by atoms with van der Waals surface area (Å²) in [7, 11) is 0. The van der Waals surface area contributed by atoms with Crippen LogP contribution in [0.2, 0.25) is 0 Å². The highest BCUT2D eigenvalue weighted by Gasteiger charge is 2.10. The smallest absolute Gasteiger partial charge is 0.338 e. The van der Waals surface area contributed by atoms with Crippen molar-refractivity contribution < 1.29 is 18.7 Å². The van der Waals surface area contributed by atoms with Crippen LogP contribution in [0.25, 0.3) is 0 Å². The number of hydrogen-bond acceptors (Lipinski definition) is 4. The van der Waals surface area contributed by atoms with E-state index in [-0.39, 0.29) is 12.2 Å². The van der Waals surface area contributed by atoms with Crippen LogP contribution in [0.1, 0.15) is 27.6 Å². The fourth-order valence-corrected chi connectivity index (χ4v) is 1.69. The largest absolute Gasteiger partial charge is 0.462 e. The second-order valence-electron chi connectivity index (χ2n) is 4.12. The zero-order valence-corrected chi connectivity index (χ0v) is 11.3. The van der Waals surface area contributed by atoms with Crippen LogP contribution >= 0.6 is 0 Å². The number of pyridine rings is 1. The van der Waals surface area contributed by atoms with E-state index in [0.717, 1.165) is 6.07 Å². The molecule has 1 N–H and O–H groups in total. The Labute approximate surface area is 120 Å². The average Bonchev–Trinajstić information content (AvgIpc) is 2.48. The first-order valence-corrected chi connectivity index (χ1v) is 6.30. The predicted molar refractivity (Wildman–Crippen MR) is 74.5 cm³/mol. The molecule has 0 bridgehead atoms. The molecular formula is C15H13FN2O3. The number of amides is 1. The van der Waals surface area contributed by atoms with Crippen LogP contribution in [-0.4, -0.2) is 23.5 Å². The van der Waals surface area contributed by atoms with Crippen LogP contribution < -0.4 is 5.32 Å². The Morgan fingerprint density at radius 2 is 2.05 bits per heavy atom. The number of halogens is 1. The molecule has 1 aromatic heterocycles. The highest BCUT2D eigenvalue weighted by molar-refractivity contribution is 6.04. The van der Waals surface area contributed by atoms with Crippen molar-refractivity contribution in [2.24, 2.45) is 0 Å². The molecule has 6 heteroatoms. The molecule has 0 aliphatic heterocycles. The lowest BCUT2D eigenvalue weighted by Gasteiger charge is -2.07. The van der Waals surface area contributed by atoms with Crippen LogP contribution in [0.3, 0.4) is 0 Å². The molecule has 5 nitrogen and oxygen atoms in total. The van der Waals surface area contributed by atoms with E-state index in [1.165, 1.54) is 18.3 Å². The topological polar surface area (TPSA) is 68.3 Å². The minimum absolute atomic E-state index is 0.143. The van der Waals surface area contributed by atoms with Crippen molar-refractivity contribution in [2.45, 2.75) is 6.92 Å². The molecule has 0 aliphatic carbocycles. The predicted octanol–water partition coefficient (Wildman–Crippen LogP) is 2.65. The summed E-state index contributed by atoms with van der Waals surface area (Å²) in [5.41, 5.74) is 0.891. The number of aromatic nitrogens is 1. The fraction of sp³-hybridized carbons (Fsp3) is 0.133. The maximum absolute atomic E-state index is 13.0. The van der Waals surface area contributed by atoms with Gasteiger partial charge in [0.15, 0.2) is 0 Å². The van der Waals surface area contributed by atoms with Gasteiger partial charge in [0.2, 0.25) is 5.95 Å². The van der Waals surface area contributed by atoms with Gasteiger partial charge in [-0.05, 0) is 31.2 Å². The lowest BCUT2D eigenvalue weighted by Crippen LogP contribution is -2.13. The Hall–Kier alpha value is -2.76. The minimum Gasteiger partial charge on any atom is -0.462 e. The molecule has 0 saturated carbocycles. The maximum Gasteiger partial charge on any atom is 0.338 e. The molecule has 0 saturated heterocycles. The standard InChI is InChI=1S/C15H13FN2O3/c1-2-21-15(20)11-4-3-5-12(8-11)18-14(19)10-6-7-17-13(16)9-10/h3-9H,2H2,1H3,(H,18,19). The van der Waals surface area contributed by atoms with Gasteiger partial charge in [-0.3, -0.25) is 4.79 Å². The Bertz CT molecular complexity index is 673. The van der Waals surface area contributed by atoms with Gasteiger partial charge in [-0.15, -0.1) is 0 Å². The van der Waals surface area contributed by atoms with E-state index in [1.54, 1.807) is 25.1 Å². The van der Waals surface area contributed by atoms with Crippen molar-refractivity contribution in [1.82, 2.24) is 4.98 Å². The lowest BCUT2D eigenvalue weighted by molar-refractivity contribution is 0.0526. The number of nitrogens with zero attached hydrogens (tertiary/aromatic N) is 1. The summed E-state index contributed by atoms with van der Waals surface area (Å²) < 4.78 is 17.8. The first-order chi connectivity index (χ1) is 10.1. The van der Waals surface area contributed by atoms with Gasteiger partial charge < -0.3 is 10.1 Å². The summed E-state index contributed by atoms with van der Waals surface area (Å²) in [6, 6.07) is 8.75. The van der Waals surface area contributed by atoms with Crippen LogP contribution in [-0.2, 0) is 4.74 Å². The van der Waals surface area contributed by atoms with Gasteiger partial charge in [-0.25, -0.2) is 9.78 Å². The number of esters is 1. The molecule has 0 atom stereocenters. The van der Waals surface area contributed by atoms with Crippen LogP contribution in [0.4, 0.5) is 10.1 Å². The lowest BCUT2D eigenvalue weighted by atomic mass is 10.2. The number of carbonyl (C=O) groups excluding carboxylic acids is 2. The second-order valence-corrected chi connectivity index (χ2v) is 4.12. The third-order valence-corrected chi connectivity index (χ3v) is 2.62. The third kappa shape index (κ3) is 3.85. The first-order valence-electron chi connectivity index (χ1n) is 6.30. The molecule has 0 spiro atoms. The number of hydrogen-bond donors (Lipinski definition) is 1. The van der Waals surface area contributed by atoms with Gasteiger partial charge in [0.1, 0.15) is 0 Å². The van der Waals surface area contributed by atoms with Crippen molar-refractivity contribution in [3.63, 3.8) is 0 Å². The summed E-state index contributed by atoms with van der Waals surface area (Å²) in [6.45, 7) is 1.98. The summed E-state index contributed by atoms with van der Waals surface area (Å²) in [6.07, 6.45) is 1.21. The molecule has 0 aliphatic rings. The summed E-state index contributed by atoms with van der Waals surface area (Å²) >= 11 is 0. The summed E-state index contributed by atoms with van der Waals surface area (Å²) in [5, 5.41) is 2.58. The van der Waals surface area contributed by atoms with E-state index >= 15 is 0 Å². The molecule has 2 aromatic rings. The summed E-state index contributed by atoms with van der Waals surface area (Å²) in [4.78, 5) is 26.9. The molecule has 0 unspecified atom stereocenters. The van der Waals surface area contributed by atoms with Gasteiger partial charge in [-0.1, -0.05) is 6.07 Å². The minimum atomic E-state index is -0.733. The van der Waals surface area contributed by atoms with Crippen molar-refractivity contribution >= 4 is 17.6 Å². The zero-order valence-electron chi connectivity index (χ0n) is 11.3. The third-order valence-electron chi connectivity index (χ3n) is 2.62. The number of anilines is 1. The summed E-state index contributed by atoms with van der Waals surface area (Å²) in [5.74, 6) is -1.69. The van der Waals surface area contributed by atoms with E-state index in [1.807, 2.05) is 0 Å². The SMILES string of the molecule is CCOC(=O)c1cccc(NC(=O)c2ccnc(F)c2)c1. The van der Waals surface area contributed by atoms with Crippen molar-refractivity contribution in [3.05, 3.63) is 59.7 Å². The Morgan fingerprint density at radius 3 is 2.76 bits per heavy atom. The van der Waals surface area contributed by atoms with Crippen LogP contribution in [0, 0.1) is 5.95 Å². The van der Waals surface area contributed by atoms with Crippen LogP contribution in [0.15, 0.2) is 42.6 Å². The van der Waals surface area contributed by atoms with E-state index in [9.17, 15) is 14.0 Å².